The number of nitrogens with one attached hydrogen (secondary N) is 1. The molecule has 47 heavy (non-hydrogen) atoms. The van der Waals surface area contributed by atoms with Crippen LogP contribution in [0.25, 0.3) is 0 Å². The third kappa shape index (κ3) is 9.78. The molecule has 10 nitrogen and oxygen atoms in total. The van der Waals surface area contributed by atoms with E-state index in [1.165, 1.54) is 4.31 Å². The van der Waals surface area contributed by atoms with Crippen molar-refractivity contribution in [3.63, 3.8) is 0 Å². The first-order valence-corrected chi connectivity index (χ1v) is 18.5. The molecule has 2 amide bonds. The summed E-state index contributed by atoms with van der Waals surface area (Å²) >= 11 is 0. The van der Waals surface area contributed by atoms with Crippen LogP contribution in [0.4, 0.5) is 5.69 Å². The molecule has 11 heteroatoms. The predicted molar refractivity (Wildman–Crippen MR) is 183 cm³/mol. The molecule has 2 aromatic carbocycles. The van der Waals surface area contributed by atoms with Gasteiger partial charge >= 0.3 is 0 Å². The molecule has 0 bridgehead atoms. The molecular formula is C36H53N3O7S. The van der Waals surface area contributed by atoms with Crippen LogP contribution in [-0.4, -0.2) is 86.1 Å². The van der Waals surface area contributed by atoms with Gasteiger partial charge in [-0.1, -0.05) is 43.9 Å². The van der Waals surface area contributed by atoms with Gasteiger partial charge in [0.05, 0.1) is 35.3 Å². The van der Waals surface area contributed by atoms with Gasteiger partial charge in [0.2, 0.25) is 15.9 Å². The first kappa shape index (κ1) is 36.8. The van der Waals surface area contributed by atoms with Crippen LogP contribution in [0.15, 0.2) is 47.4 Å². The first-order chi connectivity index (χ1) is 22.4. The van der Waals surface area contributed by atoms with E-state index < -0.39 is 22.2 Å². The van der Waals surface area contributed by atoms with Crippen molar-refractivity contribution in [2.24, 2.45) is 11.8 Å². The first-order valence-electron chi connectivity index (χ1n) is 17.1. The Morgan fingerprint density at radius 3 is 2.40 bits per heavy atom. The van der Waals surface area contributed by atoms with Gasteiger partial charge in [-0.15, -0.1) is 0 Å². The normalized spacial score (nSPS) is 23.0. The lowest BCUT2D eigenvalue weighted by atomic mass is 9.88. The van der Waals surface area contributed by atoms with E-state index in [2.05, 4.69) is 5.32 Å². The zero-order chi connectivity index (χ0) is 34.1. The van der Waals surface area contributed by atoms with Gasteiger partial charge in [0.15, 0.2) is 0 Å². The van der Waals surface area contributed by atoms with Crippen molar-refractivity contribution in [1.82, 2.24) is 9.21 Å². The fraction of sp³-hybridized carbons (Fsp3) is 0.611. The molecule has 2 N–H and O–H groups in total. The Bertz CT molecular complexity index is 1440. The molecule has 1 heterocycles. The molecule has 0 saturated heterocycles. The lowest BCUT2D eigenvalue weighted by Crippen LogP contribution is -2.48. The Hall–Kier alpha value is -2.99. The Kier molecular flexibility index (Phi) is 13.2. The number of nitrogens with zero attached hydrogens (tertiary/aromatic N) is 2. The SMILES string of the molecule is Cc1ccc(S(=O)(=O)N(C)C[C@@H]2OCCCC[C@H](C)Oc3ccc(NC(=O)C4CCCCC4)cc3C(=O)N([C@H](C)CO)C[C@@H]2C)cc1. The average molecular weight is 672 g/mol. The van der Waals surface area contributed by atoms with Gasteiger partial charge in [-0.05, 0) is 83.2 Å². The number of amides is 2. The van der Waals surface area contributed by atoms with Crippen LogP contribution in [-0.2, 0) is 19.6 Å². The smallest absolute Gasteiger partial charge is 0.258 e. The molecule has 1 fully saturated rings. The largest absolute Gasteiger partial charge is 0.490 e. The Balaban J connectivity index is 1.62. The molecule has 4 rings (SSSR count). The number of anilines is 1. The highest BCUT2D eigenvalue weighted by Gasteiger charge is 2.32. The molecular weight excluding hydrogens is 618 g/mol. The minimum atomic E-state index is -3.77. The van der Waals surface area contributed by atoms with E-state index in [-0.39, 0.29) is 54.3 Å². The van der Waals surface area contributed by atoms with Gasteiger partial charge in [-0.25, -0.2) is 8.42 Å². The average Bonchev–Trinajstić information content (AvgIpc) is 3.06. The van der Waals surface area contributed by atoms with Crippen molar-refractivity contribution < 1.29 is 32.6 Å². The number of hydrogen-bond donors (Lipinski definition) is 2. The summed E-state index contributed by atoms with van der Waals surface area (Å²) < 4.78 is 40.9. The predicted octanol–water partition coefficient (Wildman–Crippen LogP) is 5.63. The van der Waals surface area contributed by atoms with E-state index in [9.17, 15) is 23.1 Å². The van der Waals surface area contributed by atoms with Crippen LogP contribution in [0.2, 0.25) is 0 Å². The molecule has 2 aliphatic rings. The van der Waals surface area contributed by atoms with Crippen LogP contribution in [0.1, 0.15) is 88.1 Å². The highest BCUT2D eigenvalue weighted by Crippen LogP contribution is 2.30. The van der Waals surface area contributed by atoms with Crippen LogP contribution >= 0.6 is 0 Å². The highest BCUT2D eigenvalue weighted by atomic mass is 32.2. The molecule has 260 valence electrons. The number of carbonyl (C=O) groups excluding carboxylic acids is 2. The summed E-state index contributed by atoms with van der Waals surface area (Å²) in [6, 6.07) is 11.4. The van der Waals surface area contributed by atoms with Crippen LogP contribution < -0.4 is 10.1 Å². The van der Waals surface area contributed by atoms with Crippen molar-refractivity contribution in [3.8, 4) is 5.75 Å². The third-order valence-electron chi connectivity index (χ3n) is 9.46. The fourth-order valence-electron chi connectivity index (χ4n) is 6.31. The summed E-state index contributed by atoms with van der Waals surface area (Å²) in [5.74, 6) is -0.281. The van der Waals surface area contributed by atoms with Crippen LogP contribution in [0.3, 0.4) is 0 Å². The number of benzene rings is 2. The van der Waals surface area contributed by atoms with E-state index in [1.54, 1.807) is 61.3 Å². The Morgan fingerprint density at radius 1 is 1.04 bits per heavy atom. The summed E-state index contributed by atoms with van der Waals surface area (Å²) in [6.45, 7) is 8.05. The van der Waals surface area contributed by atoms with Crippen molar-refractivity contribution in [2.75, 3.05) is 38.7 Å². The second-order valence-electron chi connectivity index (χ2n) is 13.4. The number of sulfonamides is 1. The maximum Gasteiger partial charge on any atom is 0.258 e. The van der Waals surface area contributed by atoms with E-state index in [4.69, 9.17) is 9.47 Å². The number of hydrogen-bond acceptors (Lipinski definition) is 7. The minimum absolute atomic E-state index is 0.0359. The van der Waals surface area contributed by atoms with E-state index in [0.29, 0.717) is 23.6 Å². The number of likely N-dealkylation sites (N-methyl/N-ethyl adjacent to an activating group) is 1. The maximum atomic E-state index is 14.4. The molecule has 0 unspecified atom stereocenters. The van der Waals surface area contributed by atoms with Crippen LogP contribution in [0, 0.1) is 18.8 Å². The molecule has 1 aliphatic heterocycles. The Labute approximate surface area is 280 Å². The number of fused-ring (bicyclic) bond motifs is 1. The summed E-state index contributed by atoms with van der Waals surface area (Å²) in [7, 11) is -2.22. The molecule has 2 aromatic rings. The van der Waals surface area contributed by atoms with Gasteiger partial charge in [0.25, 0.3) is 5.91 Å². The molecule has 0 spiro atoms. The molecule has 1 aliphatic carbocycles. The second-order valence-corrected chi connectivity index (χ2v) is 15.5. The maximum absolute atomic E-state index is 14.4. The number of aliphatic hydroxyl groups is 1. The molecule has 0 aromatic heterocycles. The monoisotopic (exact) mass is 671 g/mol. The number of rotatable bonds is 8. The van der Waals surface area contributed by atoms with Gasteiger partial charge < -0.3 is 24.8 Å². The molecule has 1 saturated carbocycles. The zero-order valence-corrected chi connectivity index (χ0v) is 29.4. The molecule has 0 radical (unpaired) electrons. The quantitative estimate of drug-likeness (QED) is 0.373. The van der Waals surface area contributed by atoms with Crippen molar-refractivity contribution >= 4 is 27.5 Å². The number of carbonyl (C=O) groups is 2. The summed E-state index contributed by atoms with van der Waals surface area (Å²) in [6.07, 6.45) is 6.57. The number of ether oxygens (including phenoxy) is 2. The summed E-state index contributed by atoms with van der Waals surface area (Å²) in [5, 5.41) is 13.3. The number of aryl methyl sites for hydroxylation is 1. The van der Waals surface area contributed by atoms with Gasteiger partial charge in [0, 0.05) is 44.3 Å². The van der Waals surface area contributed by atoms with Gasteiger partial charge in [-0.3, -0.25) is 9.59 Å². The topological polar surface area (TPSA) is 125 Å². The lowest BCUT2D eigenvalue weighted by molar-refractivity contribution is -0.120. The van der Waals surface area contributed by atoms with E-state index in [1.807, 2.05) is 20.8 Å². The highest BCUT2D eigenvalue weighted by molar-refractivity contribution is 7.89. The van der Waals surface area contributed by atoms with E-state index in [0.717, 1.165) is 56.9 Å². The summed E-state index contributed by atoms with van der Waals surface area (Å²) in [5.41, 5.74) is 1.80. The summed E-state index contributed by atoms with van der Waals surface area (Å²) in [4.78, 5) is 29.3. The Morgan fingerprint density at radius 2 is 1.72 bits per heavy atom. The fourth-order valence-corrected chi connectivity index (χ4v) is 7.50. The lowest BCUT2D eigenvalue weighted by Gasteiger charge is -2.35. The van der Waals surface area contributed by atoms with Crippen molar-refractivity contribution in [1.29, 1.82) is 0 Å². The van der Waals surface area contributed by atoms with Crippen molar-refractivity contribution in [3.05, 3.63) is 53.6 Å². The second kappa shape index (κ2) is 16.9. The van der Waals surface area contributed by atoms with Crippen LogP contribution in [0.5, 0.6) is 5.75 Å². The standard InChI is InChI=1S/C36H53N3O7S/c1-25-14-17-31(18-15-25)47(43,44)38(5)23-34-26(2)22-39(27(3)24-40)36(42)32-21-30(37-35(41)29-12-7-6-8-13-29)16-19-33(32)46-28(4)11-9-10-20-45-34/h14-19,21,26-29,34,40H,6-13,20,22-24H2,1-5H3,(H,37,41)/t26-,27+,28-,34-/m0/s1. The number of aliphatic hydroxyl groups excluding tert-OH is 1. The third-order valence-corrected chi connectivity index (χ3v) is 11.3. The zero-order valence-electron chi connectivity index (χ0n) is 28.6. The molecule has 4 atom stereocenters. The van der Waals surface area contributed by atoms with Crippen molar-refractivity contribution in [2.45, 2.75) is 102 Å². The van der Waals surface area contributed by atoms with E-state index >= 15 is 0 Å². The minimum Gasteiger partial charge on any atom is -0.490 e. The van der Waals surface area contributed by atoms with Gasteiger partial charge in [0.1, 0.15) is 5.75 Å². The van der Waals surface area contributed by atoms with Gasteiger partial charge in [-0.2, -0.15) is 4.31 Å².